The molecule has 12 rings (SSSR count). The summed E-state index contributed by atoms with van der Waals surface area (Å²) in [5, 5.41) is 9.89. The van der Waals surface area contributed by atoms with Crippen LogP contribution in [0, 0.1) is 0 Å². The van der Waals surface area contributed by atoms with Crippen molar-refractivity contribution in [3.8, 4) is 22.3 Å². The molecule has 11 aromatic rings. The van der Waals surface area contributed by atoms with Crippen molar-refractivity contribution >= 4 is 92.1 Å². The van der Waals surface area contributed by atoms with Crippen LogP contribution >= 0.6 is 11.3 Å². The maximum Gasteiger partial charge on any atom is 0.144 e. The van der Waals surface area contributed by atoms with E-state index in [1.54, 1.807) is 0 Å². The molecular formula is C53H35NOS. The van der Waals surface area contributed by atoms with Crippen LogP contribution in [0.3, 0.4) is 0 Å². The molecule has 264 valence electrons. The Morgan fingerprint density at radius 3 is 2.04 bits per heavy atom. The Kier molecular flexibility index (Phi) is 6.59. The van der Waals surface area contributed by atoms with Gasteiger partial charge >= 0.3 is 0 Å². The van der Waals surface area contributed by atoms with Crippen molar-refractivity contribution in [2.24, 2.45) is 0 Å². The number of nitrogens with zero attached hydrogens (tertiary/aromatic N) is 1. The minimum atomic E-state index is -0.247. The van der Waals surface area contributed by atoms with E-state index in [4.69, 9.17) is 4.42 Å². The third-order valence-corrected chi connectivity index (χ3v) is 13.3. The Bertz CT molecular complexity index is 3400. The zero-order valence-corrected chi connectivity index (χ0v) is 31.8. The fourth-order valence-corrected chi connectivity index (χ4v) is 10.7. The number of rotatable bonds is 4. The van der Waals surface area contributed by atoms with Gasteiger partial charge in [-0.1, -0.05) is 135 Å². The summed E-state index contributed by atoms with van der Waals surface area (Å²) < 4.78 is 9.90. The smallest absolute Gasteiger partial charge is 0.144 e. The van der Waals surface area contributed by atoms with Crippen LogP contribution in [0.4, 0.5) is 17.1 Å². The summed E-state index contributed by atoms with van der Waals surface area (Å²) in [5.74, 6) is 0. The second-order valence-corrected chi connectivity index (χ2v) is 16.7. The molecule has 3 heteroatoms. The fraction of sp³-hybridized carbons (Fsp3) is 0.0566. The first-order chi connectivity index (χ1) is 27.5. The second kappa shape index (κ2) is 11.7. The predicted octanol–water partition coefficient (Wildman–Crippen LogP) is 15.7. The van der Waals surface area contributed by atoms with Gasteiger partial charge in [0.1, 0.15) is 11.2 Å². The van der Waals surface area contributed by atoms with Crippen LogP contribution in [0.2, 0.25) is 0 Å². The SMILES string of the molecule is CC1(C)c2ccc(N(c3ccccc3)c3ccc4sc5ccccc5c4c3)cc2-c2c1c1ccccc1c1c2oc2c(-c3ccc4ccccc4c3)cccc21. The van der Waals surface area contributed by atoms with Gasteiger partial charge in [-0.15, -0.1) is 11.3 Å². The number of anilines is 3. The van der Waals surface area contributed by atoms with Crippen LogP contribution in [0.25, 0.3) is 85.9 Å². The number of para-hydroxylation sites is 2. The topological polar surface area (TPSA) is 16.4 Å². The van der Waals surface area contributed by atoms with E-state index in [9.17, 15) is 0 Å². The summed E-state index contributed by atoms with van der Waals surface area (Å²) in [4.78, 5) is 2.41. The van der Waals surface area contributed by atoms with Crippen molar-refractivity contribution in [2.45, 2.75) is 19.3 Å². The van der Waals surface area contributed by atoms with E-state index >= 15 is 0 Å². The summed E-state index contributed by atoms with van der Waals surface area (Å²) in [6.45, 7) is 4.76. The largest absolute Gasteiger partial charge is 0.455 e. The van der Waals surface area contributed by atoms with E-state index in [1.165, 1.54) is 69.4 Å². The Balaban J connectivity index is 1.13. The Morgan fingerprint density at radius 1 is 0.464 bits per heavy atom. The molecule has 0 spiro atoms. The molecule has 0 fully saturated rings. The van der Waals surface area contributed by atoms with Crippen molar-refractivity contribution in [3.05, 3.63) is 187 Å². The van der Waals surface area contributed by atoms with Crippen LogP contribution in [0.1, 0.15) is 25.0 Å². The third-order valence-electron chi connectivity index (χ3n) is 12.2. The van der Waals surface area contributed by atoms with E-state index in [-0.39, 0.29) is 5.41 Å². The summed E-state index contributed by atoms with van der Waals surface area (Å²) >= 11 is 1.86. The summed E-state index contributed by atoms with van der Waals surface area (Å²) in [6, 6.07) is 64.4. The molecule has 0 saturated heterocycles. The quantitative estimate of drug-likeness (QED) is 0.179. The molecule has 9 aromatic carbocycles. The van der Waals surface area contributed by atoms with Gasteiger partial charge in [-0.3, -0.25) is 0 Å². The first-order valence-corrected chi connectivity index (χ1v) is 20.2. The lowest BCUT2D eigenvalue weighted by Gasteiger charge is -2.27. The van der Waals surface area contributed by atoms with Crippen molar-refractivity contribution in [2.75, 3.05) is 4.90 Å². The van der Waals surface area contributed by atoms with Gasteiger partial charge in [-0.05, 0) is 98.4 Å². The molecule has 2 heterocycles. The Hall–Kier alpha value is -6.68. The van der Waals surface area contributed by atoms with Crippen molar-refractivity contribution in [3.63, 3.8) is 0 Å². The van der Waals surface area contributed by atoms with E-state index in [1.807, 2.05) is 11.3 Å². The standard InChI is InChI=1S/C53H35NOS/c1-53(2)45-27-25-36(54(35-15-4-3-5-16-35)37-26-28-47-43(30-37)39-17-10-11-22-46(39)56-47)31-44(45)49-50(53)41-19-9-8-18-40(41)48-42-21-12-20-38(51(42)55-52(48)49)34-24-23-32-13-6-7-14-33(32)29-34/h3-31H,1-2H3. The zero-order chi connectivity index (χ0) is 37.1. The van der Waals surface area contributed by atoms with Crippen LogP contribution in [0.15, 0.2) is 180 Å². The maximum absolute atomic E-state index is 7.29. The summed E-state index contributed by atoms with van der Waals surface area (Å²) in [5.41, 5.74) is 12.4. The molecule has 0 bridgehead atoms. The van der Waals surface area contributed by atoms with E-state index in [2.05, 4.69) is 195 Å². The minimum absolute atomic E-state index is 0.247. The van der Waals surface area contributed by atoms with Crippen molar-refractivity contribution in [1.29, 1.82) is 0 Å². The second-order valence-electron chi connectivity index (χ2n) is 15.7. The molecule has 0 unspecified atom stereocenters. The van der Waals surface area contributed by atoms with Gasteiger partial charge < -0.3 is 9.32 Å². The molecule has 0 atom stereocenters. The first-order valence-electron chi connectivity index (χ1n) is 19.3. The molecular weight excluding hydrogens is 699 g/mol. The van der Waals surface area contributed by atoms with Crippen LogP contribution in [-0.2, 0) is 5.41 Å². The number of benzene rings is 9. The van der Waals surface area contributed by atoms with E-state index < -0.39 is 0 Å². The molecule has 0 amide bonds. The highest BCUT2D eigenvalue weighted by Gasteiger charge is 2.40. The molecule has 2 aromatic heterocycles. The third kappa shape index (κ3) is 4.43. The van der Waals surface area contributed by atoms with Crippen LogP contribution in [0.5, 0.6) is 0 Å². The molecule has 1 aliphatic rings. The van der Waals surface area contributed by atoms with Gasteiger partial charge in [0, 0.05) is 64.5 Å². The average molecular weight is 734 g/mol. The van der Waals surface area contributed by atoms with Crippen LogP contribution in [-0.4, -0.2) is 0 Å². The molecule has 0 N–H and O–H groups in total. The molecule has 56 heavy (non-hydrogen) atoms. The normalized spacial score (nSPS) is 13.3. The number of furan rings is 1. The number of fused-ring (bicyclic) bond motifs is 14. The molecule has 0 saturated carbocycles. The van der Waals surface area contributed by atoms with Gasteiger partial charge in [0.2, 0.25) is 0 Å². The zero-order valence-electron chi connectivity index (χ0n) is 31.0. The number of hydrogen-bond acceptors (Lipinski definition) is 3. The predicted molar refractivity (Wildman–Crippen MR) is 239 cm³/mol. The lowest BCUT2D eigenvalue weighted by Crippen LogP contribution is -2.16. The minimum Gasteiger partial charge on any atom is -0.455 e. The molecule has 1 aliphatic carbocycles. The molecule has 0 radical (unpaired) electrons. The highest BCUT2D eigenvalue weighted by molar-refractivity contribution is 7.25. The Labute approximate surface area is 328 Å². The van der Waals surface area contributed by atoms with Gasteiger partial charge in [0.25, 0.3) is 0 Å². The van der Waals surface area contributed by atoms with Gasteiger partial charge in [-0.25, -0.2) is 0 Å². The van der Waals surface area contributed by atoms with Gasteiger partial charge in [0.15, 0.2) is 0 Å². The highest BCUT2D eigenvalue weighted by Crippen LogP contribution is 2.57. The summed E-state index contributed by atoms with van der Waals surface area (Å²) in [7, 11) is 0. The number of hydrogen-bond donors (Lipinski definition) is 0. The monoisotopic (exact) mass is 733 g/mol. The molecule has 0 aliphatic heterocycles. The van der Waals surface area contributed by atoms with Gasteiger partial charge in [0.05, 0.1) is 0 Å². The highest BCUT2D eigenvalue weighted by atomic mass is 32.1. The van der Waals surface area contributed by atoms with Crippen molar-refractivity contribution in [1.82, 2.24) is 0 Å². The lowest BCUT2D eigenvalue weighted by atomic mass is 9.79. The van der Waals surface area contributed by atoms with Gasteiger partial charge in [-0.2, -0.15) is 0 Å². The number of thiophene rings is 1. The lowest BCUT2D eigenvalue weighted by molar-refractivity contribution is 0.658. The fourth-order valence-electron chi connectivity index (χ4n) is 9.66. The van der Waals surface area contributed by atoms with E-state index in [0.717, 1.165) is 44.7 Å². The summed E-state index contributed by atoms with van der Waals surface area (Å²) in [6.07, 6.45) is 0. The first kappa shape index (κ1) is 31.6. The maximum atomic E-state index is 7.29. The average Bonchev–Trinajstić information content (AvgIpc) is 3.89. The van der Waals surface area contributed by atoms with Crippen molar-refractivity contribution < 1.29 is 4.42 Å². The molecule has 2 nitrogen and oxygen atoms in total. The van der Waals surface area contributed by atoms with Crippen LogP contribution < -0.4 is 4.90 Å². The Morgan fingerprint density at radius 2 is 1.16 bits per heavy atom. The van der Waals surface area contributed by atoms with E-state index in [0.29, 0.717) is 0 Å².